The number of methoxy groups -OCH3 is 3. The molecule has 0 saturated heterocycles. The molecular formula is C28H28N2O6. The Morgan fingerprint density at radius 3 is 2.28 bits per heavy atom. The molecule has 0 aliphatic heterocycles. The molecule has 36 heavy (non-hydrogen) atoms. The first-order valence-corrected chi connectivity index (χ1v) is 11.5. The van der Waals surface area contributed by atoms with Gasteiger partial charge in [0.25, 0.3) is 5.91 Å². The summed E-state index contributed by atoms with van der Waals surface area (Å²) in [5.74, 6) is 0.636. The predicted molar refractivity (Wildman–Crippen MR) is 137 cm³/mol. The number of carbonyl (C=O) groups is 2. The minimum Gasteiger partial charge on any atom is -0.493 e. The Morgan fingerprint density at radius 1 is 0.917 bits per heavy atom. The lowest BCUT2D eigenvalue weighted by Crippen LogP contribution is -2.27. The molecule has 8 nitrogen and oxygen atoms in total. The van der Waals surface area contributed by atoms with Crippen LogP contribution in [0.1, 0.15) is 40.9 Å². The van der Waals surface area contributed by atoms with Crippen molar-refractivity contribution in [1.82, 2.24) is 5.32 Å². The first kappa shape index (κ1) is 24.8. The minimum atomic E-state index is -0.521. The standard InChI is InChI=1S/C28H28N2O6/c1-16(31)29-22-13-10-17-14-24(34-2)26(35-3)27(36-4)25(17)19-11-12-20(23(32)15-21(19)22)28(33)30-18-8-6-5-7-9-18/h5-9,11-12,14-15,22H,10,13H2,1-4H3,(H,29,31)(H,30,33)/t22-/m0/s1. The Bertz CT molecular complexity index is 1370. The Balaban J connectivity index is 1.96. The van der Waals surface area contributed by atoms with Gasteiger partial charge in [0, 0.05) is 18.2 Å². The van der Waals surface area contributed by atoms with Gasteiger partial charge in [0.2, 0.25) is 11.7 Å². The van der Waals surface area contributed by atoms with Crippen molar-refractivity contribution < 1.29 is 23.8 Å². The van der Waals surface area contributed by atoms with Crippen LogP contribution in [0.3, 0.4) is 0 Å². The fourth-order valence-corrected chi connectivity index (χ4v) is 4.62. The number of hydrogen-bond acceptors (Lipinski definition) is 6. The number of hydrogen-bond donors (Lipinski definition) is 2. The first-order chi connectivity index (χ1) is 17.4. The molecule has 0 radical (unpaired) electrons. The van der Waals surface area contributed by atoms with Gasteiger partial charge < -0.3 is 24.8 Å². The predicted octanol–water partition coefficient (Wildman–Crippen LogP) is 4.12. The summed E-state index contributed by atoms with van der Waals surface area (Å²) in [5.41, 5.74) is 3.00. The fourth-order valence-electron chi connectivity index (χ4n) is 4.62. The molecule has 0 saturated carbocycles. The molecule has 0 bridgehead atoms. The van der Waals surface area contributed by atoms with Gasteiger partial charge in [-0.05, 0) is 59.9 Å². The lowest BCUT2D eigenvalue weighted by Gasteiger charge is -2.19. The number of rotatable bonds is 6. The molecular weight excluding hydrogens is 460 g/mol. The van der Waals surface area contributed by atoms with E-state index < -0.39 is 17.4 Å². The highest BCUT2D eigenvalue weighted by Crippen LogP contribution is 2.50. The van der Waals surface area contributed by atoms with E-state index in [0.29, 0.717) is 46.9 Å². The summed E-state index contributed by atoms with van der Waals surface area (Å²) in [5, 5.41) is 5.72. The van der Waals surface area contributed by atoms with Crippen LogP contribution < -0.4 is 30.3 Å². The van der Waals surface area contributed by atoms with Crippen LogP contribution in [0.2, 0.25) is 0 Å². The maximum atomic E-state index is 13.3. The van der Waals surface area contributed by atoms with Gasteiger partial charge in [-0.25, -0.2) is 0 Å². The van der Waals surface area contributed by atoms with E-state index in [2.05, 4.69) is 10.6 Å². The van der Waals surface area contributed by atoms with Crippen LogP contribution in [0, 0.1) is 0 Å². The zero-order chi connectivity index (χ0) is 25.8. The van der Waals surface area contributed by atoms with Gasteiger partial charge in [0.15, 0.2) is 16.9 Å². The van der Waals surface area contributed by atoms with Crippen molar-refractivity contribution in [3.63, 3.8) is 0 Å². The highest BCUT2D eigenvalue weighted by atomic mass is 16.5. The number of aryl methyl sites for hydroxylation is 1. The summed E-state index contributed by atoms with van der Waals surface area (Å²) in [6.07, 6.45) is 1.12. The average Bonchev–Trinajstić information content (AvgIpc) is 3.12. The fraction of sp³-hybridized carbons (Fsp3) is 0.250. The number of fused-ring (bicyclic) bond motifs is 3. The maximum absolute atomic E-state index is 13.3. The van der Waals surface area contributed by atoms with Crippen LogP contribution in [0.15, 0.2) is 59.4 Å². The number of nitrogens with one attached hydrogen (secondary N) is 2. The van der Waals surface area contributed by atoms with E-state index in [-0.39, 0.29) is 11.5 Å². The molecule has 0 aromatic heterocycles. The largest absolute Gasteiger partial charge is 0.493 e. The zero-order valence-electron chi connectivity index (χ0n) is 20.6. The Kier molecular flexibility index (Phi) is 7.24. The SMILES string of the molecule is COc1cc2c(c(OC)c1OC)-c1ccc(C(=O)Nc3ccccc3)c(=O)cc1[C@@H](NC(C)=O)CC2. The van der Waals surface area contributed by atoms with Gasteiger partial charge in [-0.15, -0.1) is 0 Å². The smallest absolute Gasteiger partial charge is 0.259 e. The van der Waals surface area contributed by atoms with Crippen molar-refractivity contribution in [2.24, 2.45) is 0 Å². The number of carbonyl (C=O) groups excluding carboxylic acids is 2. The normalized spacial score (nSPS) is 13.9. The van der Waals surface area contributed by atoms with Gasteiger partial charge in [-0.3, -0.25) is 14.4 Å². The number of para-hydroxylation sites is 1. The zero-order valence-corrected chi connectivity index (χ0v) is 20.6. The molecule has 3 aromatic carbocycles. The highest BCUT2D eigenvalue weighted by Gasteiger charge is 2.29. The first-order valence-electron chi connectivity index (χ1n) is 11.5. The molecule has 4 rings (SSSR count). The van der Waals surface area contributed by atoms with Crippen molar-refractivity contribution in [2.45, 2.75) is 25.8 Å². The van der Waals surface area contributed by atoms with Crippen LogP contribution in [0.4, 0.5) is 5.69 Å². The van der Waals surface area contributed by atoms with Crippen LogP contribution in [0.5, 0.6) is 17.2 Å². The van der Waals surface area contributed by atoms with Crippen molar-refractivity contribution in [3.8, 4) is 28.4 Å². The van der Waals surface area contributed by atoms with E-state index in [1.54, 1.807) is 37.4 Å². The number of amides is 2. The van der Waals surface area contributed by atoms with E-state index >= 15 is 0 Å². The van der Waals surface area contributed by atoms with E-state index in [1.165, 1.54) is 33.3 Å². The van der Waals surface area contributed by atoms with Gasteiger partial charge in [-0.1, -0.05) is 24.3 Å². The monoisotopic (exact) mass is 488 g/mol. The van der Waals surface area contributed by atoms with E-state index in [1.807, 2.05) is 12.1 Å². The Morgan fingerprint density at radius 2 is 1.64 bits per heavy atom. The lowest BCUT2D eigenvalue weighted by molar-refractivity contribution is -0.119. The summed E-state index contributed by atoms with van der Waals surface area (Å²) >= 11 is 0. The second-order valence-corrected chi connectivity index (χ2v) is 8.42. The molecule has 1 atom stereocenters. The highest BCUT2D eigenvalue weighted by molar-refractivity contribution is 6.04. The number of benzene rings is 2. The van der Waals surface area contributed by atoms with Crippen molar-refractivity contribution in [2.75, 3.05) is 26.6 Å². The molecule has 1 aliphatic rings. The van der Waals surface area contributed by atoms with Gasteiger partial charge in [-0.2, -0.15) is 0 Å². The second kappa shape index (κ2) is 10.5. The second-order valence-electron chi connectivity index (χ2n) is 8.42. The lowest BCUT2D eigenvalue weighted by atomic mass is 9.95. The Labute approximate surface area is 209 Å². The molecule has 0 unspecified atom stereocenters. The molecule has 2 N–H and O–H groups in total. The maximum Gasteiger partial charge on any atom is 0.259 e. The van der Waals surface area contributed by atoms with Crippen molar-refractivity contribution >= 4 is 17.5 Å². The molecule has 3 aromatic rings. The summed E-state index contributed by atoms with van der Waals surface area (Å²) in [6, 6.07) is 15.0. The third kappa shape index (κ3) is 4.75. The van der Waals surface area contributed by atoms with Crippen LogP contribution >= 0.6 is 0 Å². The summed E-state index contributed by atoms with van der Waals surface area (Å²) in [7, 11) is 4.61. The molecule has 186 valence electrons. The van der Waals surface area contributed by atoms with Crippen LogP contribution in [0.25, 0.3) is 11.1 Å². The van der Waals surface area contributed by atoms with Gasteiger partial charge in [0.1, 0.15) is 0 Å². The van der Waals surface area contributed by atoms with E-state index in [0.717, 1.165) is 11.1 Å². The minimum absolute atomic E-state index is 0.0190. The van der Waals surface area contributed by atoms with Crippen LogP contribution in [-0.2, 0) is 11.2 Å². The molecule has 0 heterocycles. The number of ether oxygens (including phenoxy) is 3. The summed E-state index contributed by atoms with van der Waals surface area (Å²) in [4.78, 5) is 38.4. The molecule has 2 amide bonds. The van der Waals surface area contributed by atoms with Gasteiger partial charge in [0.05, 0.1) is 32.9 Å². The van der Waals surface area contributed by atoms with E-state index in [4.69, 9.17) is 14.2 Å². The van der Waals surface area contributed by atoms with Crippen LogP contribution in [-0.4, -0.2) is 33.1 Å². The van der Waals surface area contributed by atoms with Gasteiger partial charge >= 0.3 is 0 Å². The topological polar surface area (TPSA) is 103 Å². The molecule has 8 heteroatoms. The summed E-state index contributed by atoms with van der Waals surface area (Å²) in [6.45, 7) is 1.43. The Hall–Kier alpha value is -4.33. The third-order valence-corrected chi connectivity index (χ3v) is 6.19. The molecule has 0 fully saturated rings. The quantitative estimate of drug-likeness (QED) is 0.541. The number of anilines is 1. The van der Waals surface area contributed by atoms with Crippen molar-refractivity contribution in [3.05, 3.63) is 81.5 Å². The van der Waals surface area contributed by atoms with E-state index in [9.17, 15) is 14.4 Å². The average molecular weight is 489 g/mol. The van der Waals surface area contributed by atoms with Crippen molar-refractivity contribution in [1.29, 1.82) is 0 Å². The molecule has 1 aliphatic carbocycles. The summed E-state index contributed by atoms with van der Waals surface area (Å²) < 4.78 is 16.9. The third-order valence-electron chi connectivity index (χ3n) is 6.19. The molecule has 0 spiro atoms.